The Morgan fingerprint density at radius 3 is 0.800 bits per heavy atom. The Balaban J connectivity index is 0. The van der Waals surface area contributed by atoms with E-state index in [1.165, 1.54) is 0 Å². The minimum atomic E-state index is 0. The molecular weight excluding hydrogens is 415 g/mol. The zero-order valence-electron chi connectivity index (χ0n) is 2.12. The molecule has 5 heavy (non-hydrogen) atoms. The summed E-state index contributed by atoms with van der Waals surface area (Å²) < 4.78 is 0. The SMILES string of the molecule is [AlH3].[AsH3].[GaH3].[SbH3].[SbH3]. The van der Waals surface area contributed by atoms with Crippen LogP contribution in [0.1, 0.15) is 0 Å². The van der Waals surface area contributed by atoms with Gasteiger partial charge in [0.15, 0.2) is 17.4 Å². The summed E-state index contributed by atoms with van der Waals surface area (Å²) in [5.41, 5.74) is 0. The van der Waals surface area contributed by atoms with E-state index in [-0.39, 0.29) is 104 Å². The van der Waals surface area contributed by atoms with Crippen LogP contribution >= 0.6 is 0 Å². The molecule has 0 aromatic carbocycles. The van der Waals surface area contributed by atoms with E-state index in [0.717, 1.165) is 0 Å². The van der Waals surface area contributed by atoms with Crippen LogP contribution in [0, 0.1) is 0 Å². The maximum atomic E-state index is 0. The molecule has 0 nitrogen and oxygen atoms in total. The van der Waals surface area contributed by atoms with Gasteiger partial charge in [0.25, 0.3) is 0 Å². The maximum absolute atomic E-state index is 0. The Labute approximate surface area is 102 Å². The monoisotopic (exact) mass is 428 g/mol. The summed E-state index contributed by atoms with van der Waals surface area (Å²) in [5.74, 6) is 0. The Hall–Kier alpha value is 3.36. The van der Waals surface area contributed by atoms with Gasteiger partial charge in [0.1, 0.15) is 0 Å². The summed E-state index contributed by atoms with van der Waals surface area (Å²) in [4.78, 5) is 0. The summed E-state index contributed by atoms with van der Waals surface area (Å²) in [7, 11) is 0. The molecule has 0 rings (SSSR count). The first-order valence-corrected chi connectivity index (χ1v) is 0. The standard InChI is InChI=1S/Al.AsH3.Ga.2Sb.12H/h;1H3;;;;;;;;;;;;;;;. The van der Waals surface area contributed by atoms with Crippen LogP contribution in [-0.4, -0.2) is 104 Å². The summed E-state index contributed by atoms with van der Waals surface area (Å²) in [6.07, 6.45) is 0. The molecule has 0 amide bonds. The van der Waals surface area contributed by atoms with Crippen LogP contribution in [0.15, 0.2) is 0 Å². The Morgan fingerprint density at radius 2 is 0.800 bits per heavy atom. The number of rotatable bonds is 0. The van der Waals surface area contributed by atoms with Crippen molar-refractivity contribution in [3.8, 4) is 0 Å². The van der Waals surface area contributed by atoms with Crippen molar-refractivity contribution in [2.24, 2.45) is 0 Å². The molecule has 0 spiro atoms. The molecule has 5 heteroatoms. The molecule has 0 aliphatic heterocycles. The Morgan fingerprint density at radius 1 is 0.800 bits per heavy atom. The zero-order chi connectivity index (χ0) is 0. The summed E-state index contributed by atoms with van der Waals surface area (Å²) in [5, 5.41) is 0. The van der Waals surface area contributed by atoms with Crippen molar-refractivity contribution in [2.45, 2.75) is 0 Å². The van der Waals surface area contributed by atoms with Crippen molar-refractivity contribution in [1.82, 2.24) is 0 Å². The van der Waals surface area contributed by atoms with Gasteiger partial charge in [-0.15, -0.1) is 0 Å². The average molecular weight is 430 g/mol. The third-order valence-electron chi connectivity index (χ3n) is 0. The van der Waals surface area contributed by atoms with Crippen LogP contribution in [0.2, 0.25) is 0 Å². The van der Waals surface area contributed by atoms with Crippen molar-refractivity contribution in [1.29, 1.82) is 0 Å². The van der Waals surface area contributed by atoms with E-state index < -0.39 is 0 Å². The van der Waals surface area contributed by atoms with Gasteiger partial charge in [-0.25, -0.2) is 0 Å². The molecule has 0 N–H and O–H groups in total. The quantitative estimate of drug-likeness (QED) is 0.336. The molecule has 0 fully saturated rings. The first kappa shape index (κ1) is 40.1. The zero-order valence-corrected chi connectivity index (χ0v) is 13.2. The van der Waals surface area contributed by atoms with E-state index in [1.54, 1.807) is 0 Å². The molecule has 0 aromatic heterocycles. The topological polar surface area (TPSA) is 0 Å². The molecular formula is H15AlAsGaSb2. The fraction of sp³-hybridized carbons (Fsp3) is 0. The fourth-order valence-electron chi connectivity index (χ4n) is 0. The predicted molar refractivity (Wildman–Crippen MR) is 49.7 cm³/mol. The molecule has 0 radical (unpaired) electrons. The average Bonchev–Trinajstić information content (AvgIpc) is 0. The molecule has 0 saturated heterocycles. The number of hydrogen-bond donors (Lipinski definition) is 0. The molecule has 0 aliphatic rings. The van der Waals surface area contributed by atoms with Gasteiger partial charge < -0.3 is 0 Å². The Bertz CT molecular complexity index is 9.61. The molecule has 1 unspecified atom stereocenters. The first-order chi connectivity index (χ1) is 0. The van der Waals surface area contributed by atoms with Crippen molar-refractivity contribution < 1.29 is 0 Å². The van der Waals surface area contributed by atoms with Crippen molar-refractivity contribution in [2.75, 3.05) is 0 Å². The van der Waals surface area contributed by atoms with E-state index in [0.29, 0.717) is 0 Å². The van der Waals surface area contributed by atoms with Crippen LogP contribution in [0.5, 0.6) is 0 Å². The summed E-state index contributed by atoms with van der Waals surface area (Å²) >= 11 is 0. The van der Waals surface area contributed by atoms with Gasteiger partial charge in [-0.3, -0.25) is 0 Å². The van der Waals surface area contributed by atoms with Gasteiger partial charge in [-0.1, -0.05) is 0 Å². The third kappa shape index (κ3) is 18.7. The van der Waals surface area contributed by atoms with Gasteiger partial charge in [-0.05, 0) is 0 Å². The molecule has 1 atom stereocenters. The van der Waals surface area contributed by atoms with Crippen LogP contribution in [0.3, 0.4) is 0 Å². The third-order valence-corrected chi connectivity index (χ3v) is 0. The molecule has 36 valence electrons. The van der Waals surface area contributed by atoms with Gasteiger partial charge >= 0.3 is 86.6 Å². The molecule has 0 saturated carbocycles. The second kappa shape index (κ2) is 26.4. The predicted octanol–water partition coefficient (Wildman–Crippen LogP) is -5.92. The van der Waals surface area contributed by atoms with Gasteiger partial charge in [0, 0.05) is 0 Å². The van der Waals surface area contributed by atoms with Crippen molar-refractivity contribution in [3.05, 3.63) is 0 Å². The Kier molecular flexibility index (Phi) is 211. The second-order valence-corrected chi connectivity index (χ2v) is 0. The normalized spacial score (nSPS) is 0. The minimum absolute atomic E-state index is 0. The number of hydrogen-bond acceptors (Lipinski definition) is 0. The van der Waals surface area contributed by atoms with E-state index in [9.17, 15) is 0 Å². The second-order valence-electron chi connectivity index (χ2n) is 0. The van der Waals surface area contributed by atoms with Crippen LogP contribution in [0.4, 0.5) is 0 Å². The fourth-order valence-corrected chi connectivity index (χ4v) is 0. The van der Waals surface area contributed by atoms with Crippen LogP contribution in [0.25, 0.3) is 0 Å². The van der Waals surface area contributed by atoms with E-state index >= 15 is 0 Å². The summed E-state index contributed by atoms with van der Waals surface area (Å²) in [6.45, 7) is 0. The van der Waals surface area contributed by atoms with Gasteiger partial charge in [0.2, 0.25) is 0 Å². The van der Waals surface area contributed by atoms with E-state index in [2.05, 4.69) is 0 Å². The van der Waals surface area contributed by atoms with Crippen LogP contribution in [-0.2, 0) is 0 Å². The van der Waals surface area contributed by atoms with E-state index in [4.69, 9.17) is 0 Å². The molecule has 0 heterocycles. The first-order valence-electron chi connectivity index (χ1n) is 0. The molecule has 0 aliphatic carbocycles. The molecule has 0 aromatic rings. The van der Waals surface area contributed by atoms with E-state index in [1.807, 2.05) is 0 Å². The summed E-state index contributed by atoms with van der Waals surface area (Å²) in [6, 6.07) is 0. The van der Waals surface area contributed by atoms with Gasteiger partial charge in [-0.2, -0.15) is 0 Å². The molecule has 0 bridgehead atoms. The van der Waals surface area contributed by atoms with Crippen molar-refractivity contribution >= 4 is 104 Å². The van der Waals surface area contributed by atoms with Crippen LogP contribution < -0.4 is 0 Å². The van der Waals surface area contributed by atoms with Crippen molar-refractivity contribution in [3.63, 3.8) is 0 Å². The van der Waals surface area contributed by atoms with Gasteiger partial charge in [0.05, 0.1) is 0 Å².